The van der Waals surface area contributed by atoms with Gasteiger partial charge in [0, 0.05) is 62.4 Å². The molecule has 2 aliphatic rings. The van der Waals surface area contributed by atoms with Gasteiger partial charge in [-0.15, -0.1) is 0 Å². The summed E-state index contributed by atoms with van der Waals surface area (Å²) < 4.78 is 10.8. The Kier molecular flexibility index (Phi) is 9.50. The molecule has 0 aliphatic carbocycles. The number of rotatable bonds is 10. The highest BCUT2D eigenvalue weighted by Gasteiger charge is 2.26. The van der Waals surface area contributed by atoms with Crippen molar-refractivity contribution in [3.8, 4) is 5.75 Å². The Morgan fingerprint density at radius 2 is 1.91 bits per heavy atom. The molecule has 10 nitrogen and oxygen atoms in total. The lowest BCUT2D eigenvalue weighted by Gasteiger charge is -2.31. The van der Waals surface area contributed by atoms with E-state index >= 15 is 0 Å². The maximum Gasteiger partial charge on any atom is 0.256 e. The first-order chi connectivity index (χ1) is 21.6. The van der Waals surface area contributed by atoms with Crippen LogP contribution in [0.1, 0.15) is 27.2 Å². The number of nitrogens with zero attached hydrogens (tertiary/aromatic N) is 6. The van der Waals surface area contributed by atoms with Gasteiger partial charge in [-0.2, -0.15) is 4.98 Å². The zero-order valence-corrected chi connectivity index (χ0v) is 25.5. The Hall–Kier alpha value is -4.25. The van der Waals surface area contributed by atoms with Crippen LogP contribution in [0.2, 0.25) is 5.02 Å². The lowest BCUT2D eigenvalue weighted by Crippen LogP contribution is -2.41. The van der Waals surface area contributed by atoms with Crippen molar-refractivity contribution < 1.29 is 14.3 Å². The minimum absolute atomic E-state index is 0.229. The number of amides is 1. The molecule has 1 N–H and O–H groups in total. The van der Waals surface area contributed by atoms with Gasteiger partial charge in [0.1, 0.15) is 11.3 Å². The molecule has 0 atom stereocenters. The summed E-state index contributed by atoms with van der Waals surface area (Å²) in [7, 11) is 1.65. The molecule has 0 saturated carbocycles. The summed E-state index contributed by atoms with van der Waals surface area (Å²) in [6.45, 7) is 6.17. The maximum absolute atomic E-state index is 13.8. The molecule has 4 aromatic rings. The van der Waals surface area contributed by atoms with Gasteiger partial charge in [0.2, 0.25) is 5.95 Å². The topological polar surface area (TPSA) is 96.0 Å². The number of aromatic nitrogens is 3. The van der Waals surface area contributed by atoms with Crippen molar-refractivity contribution in [1.82, 2.24) is 25.2 Å². The van der Waals surface area contributed by atoms with Gasteiger partial charge in [-0.1, -0.05) is 35.9 Å². The molecule has 2 aromatic carbocycles. The van der Waals surface area contributed by atoms with Gasteiger partial charge < -0.3 is 24.6 Å². The van der Waals surface area contributed by atoms with Crippen molar-refractivity contribution >= 4 is 35.0 Å². The molecule has 0 radical (unpaired) electrons. The van der Waals surface area contributed by atoms with Crippen LogP contribution in [0, 0.1) is 0 Å². The first-order valence-electron chi connectivity index (χ1n) is 14.9. The van der Waals surface area contributed by atoms with Gasteiger partial charge in [0.15, 0.2) is 5.82 Å². The Bertz CT molecular complexity index is 1580. The third-order valence-electron chi connectivity index (χ3n) is 7.95. The summed E-state index contributed by atoms with van der Waals surface area (Å²) in [4.78, 5) is 34.6. The van der Waals surface area contributed by atoms with Crippen LogP contribution in [0.4, 0.5) is 17.5 Å². The zero-order valence-electron chi connectivity index (χ0n) is 24.8. The molecule has 1 amide bonds. The number of carbonyl (C=O) groups excluding carboxylic acids is 1. The van der Waals surface area contributed by atoms with Crippen LogP contribution in [0.3, 0.4) is 0 Å². The van der Waals surface area contributed by atoms with Gasteiger partial charge in [-0.3, -0.25) is 14.7 Å². The molecule has 1 saturated heterocycles. The highest BCUT2D eigenvalue weighted by atomic mass is 35.5. The lowest BCUT2D eigenvalue weighted by atomic mass is 10.1. The number of carbonyl (C=O) groups is 1. The van der Waals surface area contributed by atoms with Gasteiger partial charge in [0.25, 0.3) is 5.91 Å². The normalized spacial score (nSPS) is 15.0. The summed E-state index contributed by atoms with van der Waals surface area (Å²) in [5.74, 6) is 1.59. The summed E-state index contributed by atoms with van der Waals surface area (Å²) in [6.07, 6.45) is 4.30. The number of nitrogens with one attached hydrogen (secondary N) is 1. The minimum atomic E-state index is -0.229. The number of methoxy groups -OCH3 is 1. The largest absolute Gasteiger partial charge is 0.497 e. The second kappa shape index (κ2) is 14.0. The van der Waals surface area contributed by atoms with Crippen LogP contribution in [-0.4, -0.2) is 78.8 Å². The van der Waals surface area contributed by atoms with Gasteiger partial charge in [0.05, 0.1) is 32.6 Å². The average molecular weight is 614 g/mol. The fourth-order valence-corrected chi connectivity index (χ4v) is 5.69. The van der Waals surface area contributed by atoms with Crippen LogP contribution in [-0.2, 0) is 24.2 Å². The van der Waals surface area contributed by atoms with Crippen molar-refractivity contribution in [2.75, 3.05) is 62.8 Å². The van der Waals surface area contributed by atoms with E-state index in [0.717, 1.165) is 55.3 Å². The van der Waals surface area contributed by atoms with E-state index in [4.69, 9.17) is 31.0 Å². The first-order valence-corrected chi connectivity index (χ1v) is 15.2. The summed E-state index contributed by atoms with van der Waals surface area (Å²) in [5, 5.41) is 3.69. The Morgan fingerprint density at radius 3 is 2.70 bits per heavy atom. The molecular weight excluding hydrogens is 578 g/mol. The number of anilines is 3. The molecule has 4 heterocycles. The molecule has 0 unspecified atom stereocenters. The maximum atomic E-state index is 13.8. The van der Waals surface area contributed by atoms with Crippen LogP contribution in [0.15, 0.2) is 73.1 Å². The lowest BCUT2D eigenvalue weighted by molar-refractivity contribution is 0.0383. The van der Waals surface area contributed by atoms with Gasteiger partial charge >= 0.3 is 0 Å². The van der Waals surface area contributed by atoms with E-state index in [1.807, 2.05) is 65.7 Å². The van der Waals surface area contributed by atoms with Crippen molar-refractivity contribution in [1.29, 1.82) is 0 Å². The molecule has 228 valence electrons. The molecule has 1 fully saturated rings. The number of morpholine rings is 1. The molecular formula is C33H36ClN7O3. The van der Waals surface area contributed by atoms with E-state index in [1.165, 1.54) is 5.56 Å². The van der Waals surface area contributed by atoms with E-state index in [1.54, 1.807) is 13.3 Å². The average Bonchev–Trinajstić information content (AvgIpc) is 3.07. The first kappa shape index (κ1) is 29.8. The molecule has 2 aliphatic heterocycles. The zero-order chi connectivity index (χ0) is 30.3. The van der Waals surface area contributed by atoms with Crippen molar-refractivity contribution in [2.24, 2.45) is 0 Å². The number of hydrogen-bond acceptors (Lipinski definition) is 9. The smallest absolute Gasteiger partial charge is 0.256 e. The van der Waals surface area contributed by atoms with Gasteiger partial charge in [-0.25, -0.2) is 4.98 Å². The van der Waals surface area contributed by atoms with E-state index < -0.39 is 0 Å². The summed E-state index contributed by atoms with van der Waals surface area (Å²) >= 11 is 6.48. The highest BCUT2D eigenvalue weighted by Crippen LogP contribution is 2.33. The monoisotopic (exact) mass is 613 g/mol. The number of hydrogen-bond donors (Lipinski definition) is 1. The molecule has 0 spiro atoms. The second-order valence-corrected chi connectivity index (χ2v) is 11.2. The van der Waals surface area contributed by atoms with Crippen LogP contribution in [0.5, 0.6) is 5.75 Å². The fraction of sp³-hybridized carbons (Fsp3) is 0.333. The SMILES string of the molecule is COc1ccc(CN(c2cccc(Cl)c2)c2nc(N3CCc4cccnc4C3)ncc2C(=O)NCCN2CCOCC2)cc1. The second-order valence-electron chi connectivity index (χ2n) is 10.8. The van der Waals surface area contributed by atoms with Crippen LogP contribution in [0.25, 0.3) is 0 Å². The third kappa shape index (κ3) is 7.10. The Morgan fingerprint density at radius 1 is 1.07 bits per heavy atom. The molecule has 2 aromatic heterocycles. The standard InChI is InChI=1S/C33H36ClN7O3/c1-43-28-9-7-24(8-10-28)22-41(27-6-2-5-26(34)20-27)31-29(32(42)36-13-15-39-16-18-44-19-17-39)21-37-33(38-31)40-14-11-25-4-3-12-35-30(25)23-40/h2-10,12,20-21H,11,13-19,22-23H2,1H3,(H,36,42). The minimum Gasteiger partial charge on any atom is -0.497 e. The summed E-state index contributed by atoms with van der Waals surface area (Å²) in [5.41, 5.74) is 4.46. The van der Waals surface area contributed by atoms with Crippen molar-refractivity contribution in [2.45, 2.75) is 19.5 Å². The number of pyridine rings is 1. The number of ether oxygens (including phenoxy) is 2. The predicted molar refractivity (Wildman–Crippen MR) is 171 cm³/mol. The molecule has 44 heavy (non-hydrogen) atoms. The van der Waals surface area contributed by atoms with E-state index in [2.05, 4.69) is 26.2 Å². The molecule has 6 rings (SSSR count). The van der Waals surface area contributed by atoms with E-state index in [9.17, 15) is 4.79 Å². The fourth-order valence-electron chi connectivity index (χ4n) is 5.50. The number of fused-ring (bicyclic) bond motifs is 1. The summed E-state index contributed by atoms with van der Waals surface area (Å²) in [6, 6.07) is 19.5. The van der Waals surface area contributed by atoms with E-state index in [-0.39, 0.29) is 5.91 Å². The predicted octanol–water partition coefficient (Wildman–Crippen LogP) is 4.50. The number of halogens is 1. The van der Waals surface area contributed by atoms with Crippen LogP contribution < -0.4 is 19.9 Å². The third-order valence-corrected chi connectivity index (χ3v) is 8.19. The highest BCUT2D eigenvalue weighted by molar-refractivity contribution is 6.30. The molecule has 0 bridgehead atoms. The molecule has 11 heteroatoms. The Balaban J connectivity index is 1.35. The van der Waals surface area contributed by atoms with Gasteiger partial charge in [-0.05, 0) is 53.9 Å². The van der Waals surface area contributed by atoms with Crippen molar-refractivity contribution in [3.05, 3.63) is 100 Å². The van der Waals surface area contributed by atoms with Crippen LogP contribution >= 0.6 is 11.6 Å². The van der Waals surface area contributed by atoms with Crippen molar-refractivity contribution in [3.63, 3.8) is 0 Å². The quantitative estimate of drug-likeness (QED) is 0.277. The van der Waals surface area contributed by atoms with E-state index in [0.29, 0.717) is 55.2 Å². The Labute approximate surface area is 262 Å². The number of benzene rings is 2.